The second-order valence-electron chi connectivity index (χ2n) is 5.48. The van der Waals surface area contributed by atoms with Gasteiger partial charge in [0.05, 0.1) is 6.21 Å². The van der Waals surface area contributed by atoms with E-state index in [-0.39, 0.29) is 0 Å². The molecule has 4 heteroatoms. The lowest BCUT2D eigenvalue weighted by Crippen LogP contribution is -2.43. The first kappa shape index (κ1) is 14.3. The second kappa shape index (κ2) is 6.87. The Morgan fingerprint density at radius 2 is 1.86 bits per heavy atom. The van der Waals surface area contributed by atoms with Crippen LogP contribution in [0.2, 0.25) is 0 Å². The van der Waals surface area contributed by atoms with Gasteiger partial charge in [0.1, 0.15) is 0 Å². The molecule has 3 rings (SSSR count). The Hall–Kier alpha value is -1.65. The maximum Gasteiger partial charge on any atom is 0.0642 e. The van der Waals surface area contributed by atoms with Gasteiger partial charge in [0.2, 0.25) is 0 Å². The number of thiophene rings is 1. The van der Waals surface area contributed by atoms with Gasteiger partial charge in [0.25, 0.3) is 0 Å². The molecule has 21 heavy (non-hydrogen) atoms. The molecule has 0 aliphatic carbocycles. The molecule has 0 saturated carbocycles. The van der Waals surface area contributed by atoms with Gasteiger partial charge in [-0.05, 0) is 23.9 Å². The van der Waals surface area contributed by atoms with Crippen molar-refractivity contribution in [3.05, 3.63) is 57.8 Å². The molecule has 1 aliphatic rings. The normalized spacial score (nSPS) is 16.7. The minimum Gasteiger partial charge on any atom is -0.295 e. The van der Waals surface area contributed by atoms with Crippen molar-refractivity contribution in [2.75, 3.05) is 26.2 Å². The molecule has 110 valence electrons. The van der Waals surface area contributed by atoms with Crippen molar-refractivity contribution in [2.45, 2.75) is 13.5 Å². The van der Waals surface area contributed by atoms with Crippen LogP contribution in [0.5, 0.6) is 0 Å². The number of benzene rings is 1. The Bertz CT molecular complexity index is 567. The zero-order valence-electron chi connectivity index (χ0n) is 12.4. The molecule has 2 aromatic rings. The molecule has 1 aromatic heterocycles. The maximum absolute atomic E-state index is 4.57. The summed E-state index contributed by atoms with van der Waals surface area (Å²) in [7, 11) is 0. The quantitative estimate of drug-likeness (QED) is 0.807. The number of aryl methyl sites for hydroxylation is 1. The highest BCUT2D eigenvalue weighted by Gasteiger charge is 2.15. The third-order valence-electron chi connectivity index (χ3n) is 3.77. The lowest BCUT2D eigenvalue weighted by Gasteiger charge is -2.33. The zero-order chi connectivity index (χ0) is 14.5. The largest absolute Gasteiger partial charge is 0.295 e. The first-order valence-corrected chi connectivity index (χ1v) is 8.28. The van der Waals surface area contributed by atoms with Crippen molar-refractivity contribution in [1.82, 2.24) is 9.91 Å². The van der Waals surface area contributed by atoms with Gasteiger partial charge < -0.3 is 0 Å². The van der Waals surface area contributed by atoms with Crippen molar-refractivity contribution >= 4 is 17.6 Å². The van der Waals surface area contributed by atoms with Crippen LogP contribution in [0.4, 0.5) is 0 Å². The van der Waals surface area contributed by atoms with Crippen molar-refractivity contribution < 1.29 is 0 Å². The van der Waals surface area contributed by atoms with E-state index in [1.54, 1.807) is 11.3 Å². The predicted octanol–water partition coefficient (Wildman–Crippen LogP) is 3.21. The van der Waals surface area contributed by atoms with E-state index in [1.807, 2.05) is 6.21 Å². The molecular formula is C17H21N3S. The summed E-state index contributed by atoms with van der Waals surface area (Å²) in [5.41, 5.74) is 2.72. The molecule has 0 atom stereocenters. The fraction of sp³-hybridized carbons (Fsp3) is 0.353. The van der Waals surface area contributed by atoms with Crippen molar-refractivity contribution in [2.24, 2.45) is 5.10 Å². The van der Waals surface area contributed by atoms with E-state index in [4.69, 9.17) is 0 Å². The van der Waals surface area contributed by atoms with Crippen LogP contribution >= 0.6 is 11.3 Å². The standard InChI is InChI=1S/C17H21N3S/c1-15-4-6-16(7-5-15)14-19-8-10-20(11-9-19)18-13-17-3-2-12-21-17/h2-7,12-13H,8-11,14H2,1H3/b18-13+. The summed E-state index contributed by atoms with van der Waals surface area (Å²) < 4.78 is 0. The van der Waals surface area contributed by atoms with Gasteiger partial charge in [-0.2, -0.15) is 5.10 Å². The minimum atomic E-state index is 1.01. The van der Waals surface area contributed by atoms with Crippen LogP contribution in [0.15, 0.2) is 46.9 Å². The number of hydrogen-bond donors (Lipinski definition) is 0. The highest BCUT2D eigenvalue weighted by Crippen LogP contribution is 2.11. The average Bonchev–Trinajstić information content (AvgIpc) is 3.02. The van der Waals surface area contributed by atoms with Gasteiger partial charge in [-0.1, -0.05) is 35.9 Å². The molecule has 0 spiro atoms. The zero-order valence-corrected chi connectivity index (χ0v) is 13.2. The molecule has 0 N–H and O–H groups in total. The van der Waals surface area contributed by atoms with Crippen LogP contribution < -0.4 is 0 Å². The van der Waals surface area contributed by atoms with Crippen LogP contribution in [-0.2, 0) is 6.54 Å². The summed E-state index contributed by atoms with van der Waals surface area (Å²) in [5, 5.41) is 8.83. The van der Waals surface area contributed by atoms with E-state index in [1.165, 1.54) is 16.0 Å². The molecular weight excluding hydrogens is 278 g/mol. The summed E-state index contributed by atoms with van der Waals surface area (Å²) in [4.78, 5) is 3.72. The second-order valence-corrected chi connectivity index (χ2v) is 6.45. The van der Waals surface area contributed by atoms with Crippen molar-refractivity contribution in [3.8, 4) is 0 Å². The molecule has 1 saturated heterocycles. The van der Waals surface area contributed by atoms with Crippen molar-refractivity contribution in [3.63, 3.8) is 0 Å². The van der Waals surface area contributed by atoms with E-state index in [2.05, 4.69) is 63.7 Å². The molecule has 2 heterocycles. The van der Waals surface area contributed by atoms with Gasteiger partial charge in [-0.25, -0.2) is 0 Å². The number of hydrazone groups is 1. The Balaban J connectivity index is 1.47. The van der Waals surface area contributed by atoms with Crippen LogP contribution in [-0.4, -0.2) is 42.3 Å². The Morgan fingerprint density at radius 3 is 2.52 bits per heavy atom. The molecule has 1 aliphatic heterocycles. The lowest BCUT2D eigenvalue weighted by molar-refractivity contribution is 0.131. The summed E-state index contributed by atoms with van der Waals surface area (Å²) >= 11 is 1.73. The third kappa shape index (κ3) is 4.16. The average molecular weight is 299 g/mol. The van der Waals surface area contributed by atoms with Crippen LogP contribution in [0, 0.1) is 6.92 Å². The van der Waals surface area contributed by atoms with E-state index in [0.29, 0.717) is 0 Å². The highest BCUT2D eigenvalue weighted by molar-refractivity contribution is 7.11. The Labute approximate surface area is 130 Å². The number of piperazine rings is 1. The van der Waals surface area contributed by atoms with E-state index >= 15 is 0 Å². The molecule has 0 radical (unpaired) electrons. The molecule has 0 bridgehead atoms. The van der Waals surface area contributed by atoms with Crippen LogP contribution in [0.25, 0.3) is 0 Å². The van der Waals surface area contributed by atoms with Gasteiger partial charge in [0.15, 0.2) is 0 Å². The first-order valence-electron chi connectivity index (χ1n) is 7.40. The van der Waals surface area contributed by atoms with E-state index < -0.39 is 0 Å². The summed E-state index contributed by atoms with van der Waals surface area (Å²) in [6.45, 7) is 7.35. The van der Waals surface area contributed by atoms with E-state index in [9.17, 15) is 0 Å². The lowest BCUT2D eigenvalue weighted by atomic mass is 10.1. The van der Waals surface area contributed by atoms with Crippen LogP contribution in [0.1, 0.15) is 16.0 Å². The minimum absolute atomic E-state index is 1.01. The molecule has 1 aromatic carbocycles. The van der Waals surface area contributed by atoms with Gasteiger partial charge in [-0.15, -0.1) is 11.3 Å². The molecule has 0 unspecified atom stereocenters. The monoisotopic (exact) mass is 299 g/mol. The smallest absolute Gasteiger partial charge is 0.0642 e. The Kier molecular flexibility index (Phi) is 4.68. The number of rotatable bonds is 4. The van der Waals surface area contributed by atoms with Crippen LogP contribution in [0.3, 0.4) is 0 Å². The topological polar surface area (TPSA) is 18.8 Å². The fourth-order valence-electron chi connectivity index (χ4n) is 2.47. The van der Waals surface area contributed by atoms with E-state index in [0.717, 1.165) is 32.7 Å². The van der Waals surface area contributed by atoms with Gasteiger partial charge in [0, 0.05) is 37.6 Å². The first-order chi connectivity index (χ1) is 10.3. The summed E-state index contributed by atoms with van der Waals surface area (Å²) in [5.74, 6) is 0. The maximum atomic E-state index is 4.57. The van der Waals surface area contributed by atoms with Gasteiger partial charge in [-0.3, -0.25) is 9.91 Å². The summed E-state index contributed by atoms with van der Waals surface area (Å²) in [6, 6.07) is 13.0. The number of hydrogen-bond acceptors (Lipinski definition) is 4. The number of nitrogens with zero attached hydrogens (tertiary/aromatic N) is 3. The third-order valence-corrected chi connectivity index (χ3v) is 4.57. The fourth-order valence-corrected chi connectivity index (χ4v) is 3.05. The van der Waals surface area contributed by atoms with Crippen molar-refractivity contribution in [1.29, 1.82) is 0 Å². The SMILES string of the molecule is Cc1ccc(CN2CCN(/N=C/c3cccs3)CC2)cc1. The molecule has 1 fully saturated rings. The predicted molar refractivity (Wildman–Crippen MR) is 89.9 cm³/mol. The molecule has 3 nitrogen and oxygen atoms in total. The highest BCUT2D eigenvalue weighted by atomic mass is 32.1. The Morgan fingerprint density at radius 1 is 1.10 bits per heavy atom. The van der Waals surface area contributed by atoms with Gasteiger partial charge >= 0.3 is 0 Å². The molecule has 0 amide bonds. The summed E-state index contributed by atoms with van der Waals surface area (Å²) in [6.07, 6.45) is 1.97.